The van der Waals surface area contributed by atoms with Gasteiger partial charge in [0.25, 0.3) is 5.91 Å². The van der Waals surface area contributed by atoms with Crippen LogP contribution in [0.1, 0.15) is 95.2 Å². The fourth-order valence-electron chi connectivity index (χ4n) is 5.78. The van der Waals surface area contributed by atoms with Gasteiger partial charge in [0.05, 0.1) is 30.1 Å². The van der Waals surface area contributed by atoms with Gasteiger partial charge in [-0.1, -0.05) is 65.0 Å². The molecule has 4 rings (SSSR count). The average Bonchev–Trinajstić information content (AvgIpc) is 3.16. The number of methoxy groups -OCH3 is 1. The summed E-state index contributed by atoms with van der Waals surface area (Å²) < 4.78 is 18.0. The molecule has 10 heteroatoms. The molecule has 0 bridgehead atoms. The number of hydrogen-bond acceptors (Lipinski definition) is 7. The Morgan fingerprint density at radius 1 is 0.736 bits per heavy atom. The number of rotatable bonds is 20. The van der Waals surface area contributed by atoms with Crippen LogP contribution >= 0.6 is 0 Å². The van der Waals surface area contributed by atoms with E-state index in [-0.39, 0.29) is 28.8 Å². The normalized spacial score (nSPS) is 11.2. The maximum Gasteiger partial charge on any atom is 0.323 e. The summed E-state index contributed by atoms with van der Waals surface area (Å²) in [6.07, 6.45) is 9.96. The lowest BCUT2D eigenvalue weighted by molar-refractivity contribution is -0.123. The van der Waals surface area contributed by atoms with Crippen molar-refractivity contribution in [2.45, 2.75) is 97.5 Å². The van der Waals surface area contributed by atoms with E-state index in [0.717, 1.165) is 63.4 Å². The van der Waals surface area contributed by atoms with Crippen LogP contribution in [0.3, 0.4) is 0 Å². The molecule has 280 valence electrons. The minimum Gasteiger partial charge on any atom is -0.506 e. The van der Waals surface area contributed by atoms with Gasteiger partial charge in [-0.25, -0.2) is 4.79 Å². The first-order valence-electron chi connectivity index (χ1n) is 18.6. The second-order valence-corrected chi connectivity index (χ2v) is 13.0. The molecule has 1 atom stereocenters. The van der Waals surface area contributed by atoms with E-state index < -0.39 is 12.1 Å². The monoisotopic (exact) mass is 720 g/mol. The number of aryl methyl sites for hydroxylation is 2. The predicted octanol–water partition coefficient (Wildman–Crippen LogP) is 10.8. The fourth-order valence-corrected chi connectivity index (χ4v) is 5.78. The third-order valence-electron chi connectivity index (χ3n) is 8.79. The van der Waals surface area contributed by atoms with Gasteiger partial charge in [0.2, 0.25) is 0 Å². The highest BCUT2D eigenvalue weighted by Crippen LogP contribution is 2.39. The van der Waals surface area contributed by atoms with Crippen LogP contribution in [0.2, 0.25) is 0 Å². The van der Waals surface area contributed by atoms with Gasteiger partial charge in [0.15, 0.2) is 11.9 Å². The van der Waals surface area contributed by atoms with Crippen molar-refractivity contribution < 1.29 is 28.9 Å². The van der Waals surface area contributed by atoms with Crippen LogP contribution in [0.25, 0.3) is 0 Å². The quantitative estimate of drug-likeness (QED) is 0.0526. The molecule has 0 aliphatic carbocycles. The Morgan fingerprint density at radius 2 is 1.42 bits per heavy atom. The summed E-state index contributed by atoms with van der Waals surface area (Å²) in [4.78, 5) is 27.0. The maximum absolute atomic E-state index is 14.1. The minimum atomic E-state index is -0.808. The molecular weight excluding hydrogens is 668 g/mol. The number of benzene rings is 4. The number of phenolic OH excluding ortho intramolecular Hbond substituents is 1. The molecule has 10 nitrogen and oxygen atoms in total. The zero-order chi connectivity index (χ0) is 38.0. The van der Waals surface area contributed by atoms with Crippen LogP contribution in [-0.2, 0) is 17.6 Å². The number of amides is 3. The number of hydrogen-bond donors (Lipinski definition) is 4. The van der Waals surface area contributed by atoms with Gasteiger partial charge in [-0.2, -0.15) is 5.26 Å². The molecule has 0 spiro atoms. The van der Waals surface area contributed by atoms with Crippen molar-refractivity contribution in [1.29, 1.82) is 5.26 Å². The van der Waals surface area contributed by atoms with Crippen LogP contribution in [-0.4, -0.2) is 30.3 Å². The highest BCUT2D eigenvalue weighted by molar-refractivity contribution is 6.02. The fraction of sp³-hybridized carbons (Fsp3) is 0.372. The SMILES string of the molecule is CCCCCc1ccc(OC(CCCC)C(=O)Nc2cc(O)c(NC(=O)Nc3ccc(C#N)cc3)cc2Oc2ccc(OC)cc2)c(CCCCC)c1. The molecule has 4 N–H and O–H groups in total. The van der Waals surface area contributed by atoms with Gasteiger partial charge < -0.3 is 35.3 Å². The number of aromatic hydroxyl groups is 1. The van der Waals surface area contributed by atoms with E-state index in [9.17, 15) is 14.7 Å². The lowest BCUT2D eigenvalue weighted by Gasteiger charge is -2.22. The molecule has 4 aromatic carbocycles. The van der Waals surface area contributed by atoms with Crippen LogP contribution in [0.4, 0.5) is 21.9 Å². The van der Waals surface area contributed by atoms with Crippen LogP contribution in [0.15, 0.2) is 78.9 Å². The van der Waals surface area contributed by atoms with Crippen LogP contribution in [0, 0.1) is 11.3 Å². The van der Waals surface area contributed by atoms with Gasteiger partial charge in [0, 0.05) is 17.8 Å². The number of phenols is 1. The van der Waals surface area contributed by atoms with Crippen molar-refractivity contribution in [3.63, 3.8) is 0 Å². The number of carbonyl (C=O) groups excluding carboxylic acids is 2. The van der Waals surface area contributed by atoms with E-state index in [1.54, 1.807) is 55.6 Å². The summed E-state index contributed by atoms with van der Waals surface area (Å²) >= 11 is 0. The number of nitriles is 1. The molecule has 53 heavy (non-hydrogen) atoms. The highest BCUT2D eigenvalue weighted by atomic mass is 16.5. The van der Waals surface area contributed by atoms with Crippen molar-refractivity contribution in [3.8, 4) is 34.8 Å². The Kier molecular flexibility index (Phi) is 15.9. The minimum absolute atomic E-state index is 0.0483. The number of nitrogens with zero attached hydrogens (tertiary/aromatic N) is 1. The smallest absolute Gasteiger partial charge is 0.323 e. The van der Waals surface area contributed by atoms with E-state index in [2.05, 4.69) is 48.9 Å². The first-order valence-corrected chi connectivity index (χ1v) is 18.6. The molecule has 3 amide bonds. The first kappa shape index (κ1) is 40.1. The molecule has 0 radical (unpaired) electrons. The summed E-state index contributed by atoms with van der Waals surface area (Å²) in [7, 11) is 1.57. The zero-order valence-electron chi connectivity index (χ0n) is 31.3. The first-order chi connectivity index (χ1) is 25.8. The van der Waals surface area contributed by atoms with Gasteiger partial charge >= 0.3 is 6.03 Å². The molecule has 4 aromatic rings. The predicted molar refractivity (Wildman–Crippen MR) is 210 cm³/mol. The number of nitrogens with one attached hydrogen (secondary N) is 3. The van der Waals surface area contributed by atoms with Crippen molar-refractivity contribution in [2.24, 2.45) is 0 Å². The molecular formula is C43H52N4O6. The van der Waals surface area contributed by atoms with Gasteiger partial charge in [-0.15, -0.1) is 0 Å². The highest BCUT2D eigenvalue weighted by Gasteiger charge is 2.24. The Hall–Kier alpha value is -5.69. The molecule has 0 saturated carbocycles. The largest absolute Gasteiger partial charge is 0.506 e. The molecule has 0 aromatic heterocycles. The third kappa shape index (κ3) is 12.5. The van der Waals surface area contributed by atoms with Crippen molar-refractivity contribution in [1.82, 2.24) is 0 Å². The van der Waals surface area contributed by atoms with Gasteiger partial charge in [-0.3, -0.25) is 4.79 Å². The maximum atomic E-state index is 14.1. The van der Waals surface area contributed by atoms with Crippen molar-refractivity contribution >= 4 is 29.0 Å². The zero-order valence-corrected chi connectivity index (χ0v) is 31.3. The van der Waals surface area contributed by atoms with Crippen molar-refractivity contribution in [3.05, 3.63) is 95.6 Å². The van der Waals surface area contributed by atoms with Crippen LogP contribution < -0.4 is 30.2 Å². The van der Waals surface area contributed by atoms with E-state index in [1.807, 2.05) is 12.1 Å². The van der Waals surface area contributed by atoms with E-state index in [4.69, 9.17) is 19.5 Å². The number of unbranched alkanes of at least 4 members (excludes halogenated alkanes) is 5. The van der Waals surface area contributed by atoms with Gasteiger partial charge in [-0.05, 0) is 104 Å². The standard InChI is InChI=1S/C43H52N4O6/c1-5-8-11-13-30-18-25-39(32(26-30)14-12-9-6-2)53-40(15-10-7-3)42(49)46-37-27-38(48)36(28-41(37)52-35-23-21-34(51-4)22-24-35)47-43(50)45-33-19-16-31(29-44)17-20-33/h16-28,40,48H,5-15H2,1-4H3,(H,46,49)(H2,45,47,50). The lowest BCUT2D eigenvalue weighted by Crippen LogP contribution is -2.33. The number of anilines is 3. The molecule has 0 heterocycles. The van der Waals surface area contributed by atoms with Crippen molar-refractivity contribution in [2.75, 3.05) is 23.1 Å². The molecule has 0 fully saturated rings. The number of urea groups is 1. The lowest BCUT2D eigenvalue weighted by atomic mass is 10.00. The van der Waals surface area contributed by atoms with Crippen LogP contribution in [0.5, 0.6) is 28.7 Å². The summed E-state index contributed by atoms with van der Waals surface area (Å²) in [6.45, 7) is 6.45. The van der Waals surface area contributed by atoms with Gasteiger partial charge in [0.1, 0.15) is 23.0 Å². The average molecular weight is 721 g/mol. The van der Waals surface area contributed by atoms with E-state index in [1.165, 1.54) is 24.1 Å². The molecule has 1 unspecified atom stereocenters. The Bertz CT molecular complexity index is 1820. The molecule has 0 aliphatic heterocycles. The summed E-state index contributed by atoms with van der Waals surface area (Å²) in [5, 5.41) is 28.4. The summed E-state index contributed by atoms with van der Waals surface area (Å²) in [5.74, 6) is 1.29. The second-order valence-electron chi connectivity index (χ2n) is 13.0. The van der Waals surface area contributed by atoms with E-state index in [0.29, 0.717) is 34.9 Å². The molecule has 0 aliphatic rings. The second kappa shape index (κ2) is 21.0. The topological polar surface area (TPSA) is 142 Å². The Balaban J connectivity index is 1.61. The Labute approximate surface area is 313 Å². The third-order valence-corrected chi connectivity index (χ3v) is 8.79. The summed E-state index contributed by atoms with van der Waals surface area (Å²) in [6, 6.07) is 23.8. The molecule has 0 saturated heterocycles. The number of carbonyl (C=O) groups is 2. The Morgan fingerprint density at radius 3 is 2.08 bits per heavy atom. The number of ether oxygens (including phenoxy) is 3. The summed E-state index contributed by atoms with van der Waals surface area (Å²) in [5.41, 5.74) is 3.54. The van der Waals surface area contributed by atoms with E-state index >= 15 is 0 Å².